The lowest BCUT2D eigenvalue weighted by molar-refractivity contribution is 0.463. The fraction of sp³-hybridized carbons (Fsp3) is 0.250. The van der Waals surface area contributed by atoms with Crippen molar-refractivity contribution in [3.05, 3.63) is 27.2 Å². The molecule has 0 saturated carbocycles. The van der Waals surface area contributed by atoms with Gasteiger partial charge in [0, 0.05) is 16.1 Å². The molecule has 0 spiro atoms. The number of benzene rings is 1. The first-order chi connectivity index (χ1) is 5.54. The third-order valence-electron chi connectivity index (χ3n) is 1.59. The minimum absolute atomic E-state index is 0.0565. The highest BCUT2D eigenvalue weighted by Crippen LogP contribution is 2.36. The molecule has 0 bridgehead atoms. The Bertz CT molecular complexity index is 301. The van der Waals surface area contributed by atoms with E-state index in [4.69, 9.17) is 17.3 Å². The Morgan fingerprint density at radius 1 is 1.58 bits per heavy atom. The standard InChI is InChI=1S/C8H9BrClNO/c1-4(11)5-2-3-6(9)7(10)8(5)12/h2-4,12H,11H2,1H3. The summed E-state index contributed by atoms with van der Waals surface area (Å²) in [5.74, 6) is 0.0565. The van der Waals surface area contributed by atoms with Crippen LogP contribution in [0.25, 0.3) is 0 Å². The predicted octanol–water partition coefficient (Wildman–Crippen LogP) is 2.83. The molecule has 12 heavy (non-hydrogen) atoms. The van der Waals surface area contributed by atoms with Gasteiger partial charge in [0.15, 0.2) is 0 Å². The molecular weight excluding hydrogens is 241 g/mol. The molecule has 1 aromatic rings. The van der Waals surface area contributed by atoms with Crippen LogP contribution in [0.4, 0.5) is 0 Å². The molecule has 0 amide bonds. The highest BCUT2D eigenvalue weighted by atomic mass is 79.9. The van der Waals surface area contributed by atoms with Crippen LogP contribution in [0.5, 0.6) is 5.75 Å². The first kappa shape index (κ1) is 9.84. The van der Waals surface area contributed by atoms with E-state index in [1.807, 2.05) is 0 Å². The SMILES string of the molecule is CC(N)c1ccc(Br)c(Cl)c1O. The van der Waals surface area contributed by atoms with E-state index in [0.717, 1.165) is 0 Å². The van der Waals surface area contributed by atoms with Crippen molar-refractivity contribution in [2.24, 2.45) is 5.73 Å². The molecule has 1 unspecified atom stereocenters. The van der Waals surface area contributed by atoms with Crippen molar-refractivity contribution in [2.45, 2.75) is 13.0 Å². The minimum Gasteiger partial charge on any atom is -0.506 e. The fourth-order valence-corrected chi connectivity index (χ4v) is 1.41. The molecule has 0 fully saturated rings. The molecule has 0 radical (unpaired) electrons. The maximum absolute atomic E-state index is 9.51. The second-order valence-electron chi connectivity index (χ2n) is 2.59. The van der Waals surface area contributed by atoms with Gasteiger partial charge >= 0.3 is 0 Å². The highest BCUT2D eigenvalue weighted by Gasteiger charge is 2.11. The molecule has 0 aliphatic rings. The van der Waals surface area contributed by atoms with E-state index in [1.54, 1.807) is 19.1 Å². The Morgan fingerprint density at radius 3 is 2.67 bits per heavy atom. The number of aromatic hydroxyl groups is 1. The summed E-state index contributed by atoms with van der Waals surface area (Å²) in [5, 5.41) is 9.82. The molecule has 2 nitrogen and oxygen atoms in total. The molecule has 4 heteroatoms. The third kappa shape index (κ3) is 1.73. The van der Waals surface area contributed by atoms with Gasteiger partial charge in [-0.3, -0.25) is 0 Å². The van der Waals surface area contributed by atoms with E-state index < -0.39 is 0 Å². The minimum atomic E-state index is -0.212. The summed E-state index contributed by atoms with van der Waals surface area (Å²) >= 11 is 8.97. The summed E-state index contributed by atoms with van der Waals surface area (Å²) < 4.78 is 0.672. The molecule has 66 valence electrons. The number of phenolic OH excluding ortho intramolecular Hbond substituents is 1. The van der Waals surface area contributed by atoms with Gasteiger partial charge in [0.25, 0.3) is 0 Å². The number of rotatable bonds is 1. The van der Waals surface area contributed by atoms with Crippen LogP contribution in [0.15, 0.2) is 16.6 Å². The quantitative estimate of drug-likeness (QED) is 0.805. The lowest BCUT2D eigenvalue weighted by atomic mass is 10.1. The highest BCUT2D eigenvalue weighted by molar-refractivity contribution is 9.10. The Labute approximate surface area is 84.5 Å². The molecule has 1 atom stereocenters. The number of halogens is 2. The zero-order chi connectivity index (χ0) is 9.30. The van der Waals surface area contributed by atoms with Gasteiger partial charge in [0.05, 0.1) is 5.02 Å². The van der Waals surface area contributed by atoms with Gasteiger partial charge in [-0.05, 0) is 28.9 Å². The van der Waals surface area contributed by atoms with Crippen molar-refractivity contribution in [3.8, 4) is 5.75 Å². The lowest BCUT2D eigenvalue weighted by Gasteiger charge is -2.09. The Kier molecular flexibility index (Phi) is 2.99. The van der Waals surface area contributed by atoms with Gasteiger partial charge in [-0.1, -0.05) is 17.7 Å². The Morgan fingerprint density at radius 2 is 2.17 bits per heavy atom. The van der Waals surface area contributed by atoms with E-state index in [1.165, 1.54) is 0 Å². The number of hydrogen-bond acceptors (Lipinski definition) is 2. The molecule has 1 aromatic carbocycles. The Hall–Kier alpha value is -0.250. The monoisotopic (exact) mass is 249 g/mol. The van der Waals surface area contributed by atoms with Crippen LogP contribution in [0.3, 0.4) is 0 Å². The number of hydrogen-bond donors (Lipinski definition) is 2. The smallest absolute Gasteiger partial charge is 0.140 e. The average molecular weight is 251 g/mol. The van der Waals surface area contributed by atoms with Crippen LogP contribution in [-0.2, 0) is 0 Å². The molecule has 1 rings (SSSR count). The zero-order valence-electron chi connectivity index (χ0n) is 6.51. The van der Waals surface area contributed by atoms with Gasteiger partial charge in [0.1, 0.15) is 5.75 Å². The van der Waals surface area contributed by atoms with Crippen LogP contribution >= 0.6 is 27.5 Å². The zero-order valence-corrected chi connectivity index (χ0v) is 8.85. The van der Waals surface area contributed by atoms with E-state index >= 15 is 0 Å². The summed E-state index contributed by atoms with van der Waals surface area (Å²) in [6.07, 6.45) is 0. The molecule has 0 aliphatic carbocycles. The first-order valence-corrected chi connectivity index (χ1v) is 4.63. The van der Waals surface area contributed by atoms with E-state index in [0.29, 0.717) is 15.1 Å². The van der Waals surface area contributed by atoms with Crippen LogP contribution in [0, 0.1) is 0 Å². The second kappa shape index (κ2) is 3.64. The second-order valence-corrected chi connectivity index (χ2v) is 3.82. The Balaban J connectivity index is 3.27. The van der Waals surface area contributed by atoms with Crippen LogP contribution in [0.1, 0.15) is 18.5 Å². The van der Waals surface area contributed by atoms with E-state index in [-0.39, 0.29) is 11.8 Å². The van der Waals surface area contributed by atoms with Crippen LogP contribution in [-0.4, -0.2) is 5.11 Å². The number of phenols is 1. The molecule has 0 heterocycles. The van der Waals surface area contributed by atoms with Crippen molar-refractivity contribution in [2.75, 3.05) is 0 Å². The fourth-order valence-electron chi connectivity index (χ4n) is 0.922. The lowest BCUT2D eigenvalue weighted by Crippen LogP contribution is -2.05. The van der Waals surface area contributed by atoms with Crippen molar-refractivity contribution < 1.29 is 5.11 Å². The van der Waals surface area contributed by atoms with Crippen molar-refractivity contribution in [1.29, 1.82) is 0 Å². The van der Waals surface area contributed by atoms with Gasteiger partial charge in [-0.2, -0.15) is 0 Å². The molecular formula is C8H9BrClNO. The maximum atomic E-state index is 9.51. The van der Waals surface area contributed by atoms with Gasteiger partial charge in [0.2, 0.25) is 0 Å². The first-order valence-electron chi connectivity index (χ1n) is 3.46. The summed E-state index contributed by atoms with van der Waals surface area (Å²) in [6, 6.07) is 3.30. The topological polar surface area (TPSA) is 46.2 Å². The van der Waals surface area contributed by atoms with Gasteiger partial charge < -0.3 is 10.8 Å². The molecule has 0 aromatic heterocycles. The summed E-state index contributed by atoms with van der Waals surface area (Å²) in [6.45, 7) is 1.79. The van der Waals surface area contributed by atoms with Gasteiger partial charge in [-0.25, -0.2) is 0 Å². The van der Waals surface area contributed by atoms with E-state index in [9.17, 15) is 5.11 Å². The van der Waals surface area contributed by atoms with Crippen molar-refractivity contribution in [3.63, 3.8) is 0 Å². The average Bonchev–Trinajstić information content (AvgIpc) is 2.00. The molecule has 0 aliphatic heterocycles. The summed E-state index contributed by atoms with van der Waals surface area (Å²) in [7, 11) is 0. The molecule has 0 saturated heterocycles. The predicted molar refractivity (Wildman–Crippen MR) is 53.4 cm³/mol. The summed E-state index contributed by atoms with van der Waals surface area (Å²) in [4.78, 5) is 0. The third-order valence-corrected chi connectivity index (χ3v) is 2.86. The molecule has 3 N–H and O–H groups in total. The van der Waals surface area contributed by atoms with Crippen molar-refractivity contribution >= 4 is 27.5 Å². The summed E-state index contributed by atoms with van der Waals surface area (Å²) in [5.41, 5.74) is 6.26. The van der Waals surface area contributed by atoms with Crippen LogP contribution in [0.2, 0.25) is 5.02 Å². The largest absolute Gasteiger partial charge is 0.506 e. The van der Waals surface area contributed by atoms with E-state index in [2.05, 4.69) is 15.9 Å². The van der Waals surface area contributed by atoms with Gasteiger partial charge in [-0.15, -0.1) is 0 Å². The maximum Gasteiger partial charge on any atom is 0.140 e. The van der Waals surface area contributed by atoms with Crippen LogP contribution < -0.4 is 5.73 Å². The number of nitrogens with two attached hydrogens (primary N) is 1. The van der Waals surface area contributed by atoms with Crippen molar-refractivity contribution in [1.82, 2.24) is 0 Å². The normalized spacial score (nSPS) is 13.0.